The van der Waals surface area contributed by atoms with Crippen molar-refractivity contribution in [3.63, 3.8) is 0 Å². The summed E-state index contributed by atoms with van der Waals surface area (Å²) in [5.74, 6) is 1.67. The molecule has 3 nitrogen and oxygen atoms in total. The van der Waals surface area contributed by atoms with Gasteiger partial charge in [-0.15, -0.1) is 0 Å². The fraction of sp³-hybridized carbons (Fsp3) is 0.600. The molecule has 0 aromatic heterocycles. The first-order chi connectivity index (χ1) is 9.13. The predicted molar refractivity (Wildman–Crippen MR) is 81.1 cm³/mol. The first kappa shape index (κ1) is 14.7. The summed E-state index contributed by atoms with van der Waals surface area (Å²) in [6.45, 7) is 5.15. The van der Waals surface area contributed by atoms with Gasteiger partial charge in [0.2, 0.25) is 0 Å². The van der Waals surface area contributed by atoms with Gasteiger partial charge in [0.15, 0.2) is 11.5 Å². The molecule has 19 heavy (non-hydrogen) atoms. The van der Waals surface area contributed by atoms with E-state index in [1.165, 1.54) is 18.4 Å². The first-order valence-electron chi connectivity index (χ1n) is 6.90. The Balaban J connectivity index is 2.42. The molecule has 1 heterocycles. The summed E-state index contributed by atoms with van der Waals surface area (Å²) in [4.78, 5) is 0. The second-order valence-electron chi connectivity index (χ2n) is 5.16. The number of piperidine rings is 1. The topological polar surface area (TPSA) is 30.5 Å². The fourth-order valence-corrected chi connectivity index (χ4v) is 3.08. The molecule has 4 heteroatoms. The summed E-state index contributed by atoms with van der Waals surface area (Å²) in [7, 11) is 1.69. The standard InChI is InChI=1S/C15H22BrNO2/c1-10(2)19-15-13(18-3)8-7-11(16)14(15)12-6-4-5-9-17-12/h7-8,10,12,17H,4-6,9H2,1-3H3. The van der Waals surface area contributed by atoms with Crippen molar-refractivity contribution in [2.24, 2.45) is 0 Å². The molecule has 0 bridgehead atoms. The quantitative estimate of drug-likeness (QED) is 0.904. The Morgan fingerprint density at radius 3 is 2.68 bits per heavy atom. The van der Waals surface area contributed by atoms with E-state index in [4.69, 9.17) is 9.47 Å². The smallest absolute Gasteiger partial charge is 0.167 e. The second kappa shape index (κ2) is 6.62. The van der Waals surface area contributed by atoms with Crippen LogP contribution in [0.15, 0.2) is 16.6 Å². The zero-order valence-corrected chi connectivity index (χ0v) is 13.4. The van der Waals surface area contributed by atoms with Gasteiger partial charge in [0.1, 0.15) is 0 Å². The van der Waals surface area contributed by atoms with Crippen LogP contribution in [0.25, 0.3) is 0 Å². The lowest BCUT2D eigenvalue weighted by molar-refractivity contribution is 0.223. The molecule has 1 unspecified atom stereocenters. The summed E-state index contributed by atoms with van der Waals surface area (Å²) >= 11 is 3.66. The van der Waals surface area contributed by atoms with Gasteiger partial charge in [-0.25, -0.2) is 0 Å². The van der Waals surface area contributed by atoms with Crippen molar-refractivity contribution in [3.8, 4) is 11.5 Å². The third-order valence-electron chi connectivity index (χ3n) is 3.34. The minimum atomic E-state index is 0.130. The van der Waals surface area contributed by atoms with Crippen LogP contribution in [-0.4, -0.2) is 19.8 Å². The Morgan fingerprint density at radius 1 is 1.32 bits per heavy atom. The van der Waals surface area contributed by atoms with E-state index in [-0.39, 0.29) is 6.10 Å². The summed E-state index contributed by atoms with van der Waals surface area (Å²) < 4.78 is 12.6. The maximum atomic E-state index is 6.01. The van der Waals surface area contributed by atoms with E-state index in [1.807, 2.05) is 26.0 Å². The summed E-state index contributed by atoms with van der Waals surface area (Å²) in [5, 5.41) is 3.58. The van der Waals surface area contributed by atoms with E-state index >= 15 is 0 Å². The van der Waals surface area contributed by atoms with Gasteiger partial charge in [-0.3, -0.25) is 0 Å². The third-order valence-corrected chi connectivity index (χ3v) is 4.03. The molecule has 1 aromatic carbocycles. The lowest BCUT2D eigenvalue weighted by Gasteiger charge is -2.28. The number of benzene rings is 1. The average molecular weight is 328 g/mol. The highest BCUT2D eigenvalue weighted by Gasteiger charge is 2.24. The van der Waals surface area contributed by atoms with Gasteiger partial charge >= 0.3 is 0 Å². The van der Waals surface area contributed by atoms with Crippen molar-refractivity contribution in [1.82, 2.24) is 5.32 Å². The minimum Gasteiger partial charge on any atom is -0.493 e. The van der Waals surface area contributed by atoms with Crippen molar-refractivity contribution >= 4 is 15.9 Å². The van der Waals surface area contributed by atoms with Crippen LogP contribution in [-0.2, 0) is 0 Å². The van der Waals surface area contributed by atoms with Crippen molar-refractivity contribution in [2.45, 2.75) is 45.3 Å². The lowest BCUT2D eigenvalue weighted by atomic mass is 9.96. The molecule has 1 fully saturated rings. The van der Waals surface area contributed by atoms with Crippen LogP contribution in [0.1, 0.15) is 44.7 Å². The number of halogens is 1. The van der Waals surface area contributed by atoms with Gasteiger partial charge in [0.25, 0.3) is 0 Å². The SMILES string of the molecule is COc1ccc(Br)c(C2CCCCN2)c1OC(C)C. The molecule has 1 aliphatic rings. The fourth-order valence-electron chi connectivity index (χ4n) is 2.50. The number of ether oxygens (including phenoxy) is 2. The number of methoxy groups -OCH3 is 1. The van der Waals surface area contributed by atoms with Crippen molar-refractivity contribution < 1.29 is 9.47 Å². The Labute approximate surface area is 123 Å². The van der Waals surface area contributed by atoms with E-state index < -0.39 is 0 Å². The molecule has 1 aromatic rings. The molecule has 0 spiro atoms. The van der Waals surface area contributed by atoms with Crippen molar-refractivity contribution in [1.29, 1.82) is 0 Å². The lowest BCUT2D eigenvalue weighted by Crippen LogP contribution is -2.28. The van der Waals surface area contributed by atoms with Crippen molar-refractivity contribution in [3.05, 3.63) is 22.2 Å². The van der Waals surface area contributed by atoms with Gasteiger partial charge in [-0.2, -0.15) is 0 Å². The number of rotatable bonds is 4. The Kier molecular flexibility index (Phi) is 5.11. The highest BCUT2D eigenvalue weighted by Crippen LogP contribution is 2.42. The molecule has 1 N–H and O–H groups in total. The Bertz CT molecular complexity index is 428. The summed E-state index contributed by atoms with van der Waals surface area (Å²) in [5.41, 5.74) is 1.19. The first-order valence-corrected chi connectivity index (χ1v) is 7.69. The molecular weight excluding hydrogens is 306 g/mol. The van der Waals surface area contributed by atoms with E-state index in [0.29, 0.717) is 6.04 Å². The highest BCUT2D eigenvalue weighted by molar-refractivity contribution is 9.10. The maximum Gasteiger partial charge on any atom is 0.167 e. The monoisotopic (exact) mass is 327 g/mol. The zero-order valence-electron chi connectivity index (χ0n) is 11.8. The average Bonchev–Trinajstić information content (AvgIpc) is 2.39. The van der Waals surface area contributed by atoms with E-state index in [2.05, 4.69) is 21.2 Å². The van der Waals surface area contributed by atoms with Crippen LogP contribution in [0.4, 0.5) is 0 Å². The maximum absolute atomic E-state index is 6.01. The predicted octanol–water partition coefficient (Wildman–Crippen LogP) is 4.06. The second-order valence-corrected chi connectivity index (χ2v) is 6.02. The molecule has 1 saturated heterocycles. The van der Waals surface area contributed by atoms with Crippen LogP contribution in [0.3, 0.4) is 0 Å². The third kappa shape index (κ3) is 3.42. The molecule has 0 saturated carbocycles. The Morgan fingerprint density at radius 2 is 2.11 bits per heavy atom. The molecule has 0 radical (unpaired) electrons. The number of nitrogens with one attached hydrogen (secondary N) is 1. The summed E-state index contributed by atoms with van der Waals surface area (Å²) in [6.07, 6.45) is 3.77. The summed E-state index contributed by atoms with van der Waals surface area (Å²) in [6, 6.07) is 4.33. The molecular formula is C15H22BrNO2. The molecule has 1 atom stereocenters. The highest BCUT2D eigenvalue weighted by atomic mass is 79.9. The van der Waals surface area contributed by atoms with Gasteiger partial charge in [-0.1, -0.05) is 22.4 Å². The molecule has 0 aliphatic carbocycles. The van der Waals surface area contributed by atoms with Gasteiger partial charge in [0.05, 0.1) is 13.2 Å². The van der Waals surface area contributed by atoms with Crippen LogP contribution >= 0.6 is 15.9 Å². The molecule has 106 valence electrons. The molecule has 0 amide bonds. The Hall–Kier alpha value is -0.740. The van der Waals surface area contributed by atoms with Gasteiger partial charge in [0, 0.05) is 16.1 Å². The molecule has 1 aliphatic heterocycles. The van der Waals surface area contributed by atoms with Crippen LogP contribution in [0, 0.1) is 0 Å². The molecule has 2 rings (SSSR count). The van der Waals surface area contributed by atoms with E-state index in [1.54, 1.807) is 7.11 Å². The zero-order chi connectivity index (χ0) is 13.8. The van der Waals surface area contributed by atoms with E-state index in [0.717, 1.165) is 28.9 Å². The van der Waals surface area contributed by atoms with Crippen LogP contribution < -0.4 is 14.8 Å². The number of hydrogen-bond donors (Lipinski definition) is 1. The van der Waals surface area contributed by atoms with E-state index in [9.17, 15) is 0 Å². The minimum absolute atomic E-state index is 0.130. The van der Waals surface area contributed by atoms with Crippen molar-refractivity contribution in [2.75, 3.05) is 13.7 Å². The van der Waals surface area contributed by atoms with Gasteiger partial charge in [-0.05, 0) is 45.4 Å². The van der Waals surface area contributed by atoms with Crippen LogP contribution in [0.5, 0.6) is 11.5 Å². The number of hydrogen-bond acceptors (Lipinski definition) is 3. The van der Waals surface area contributed by atoms with Gasteiger partial charge < -0.3 is 14.8 Å². The largest absolute Gasteiger partial charge is 0.493 e. The normalized spacial score (nSPS) is 19.5. The van der Waals surface area contributed by atoms with Crippen LogP contribution in [0.2, 0.25) is 0 Å².